The molecule has 0 aliphatic carbocycles. The number of rotatable bonds is 3. The van der Waals surface area contributed by atoms with Crippen LogP contribution in [0, 0.1) is 17.6 Å². The van der Waals surface area contributed by atoms with Crippen LogP contribution in [0.3, 0.4) is 0 Å². The molecule has 0 aliphatic rings. The maximum absolute atomic E-state index is 13.4. The van der Waals surface area contributed by atoms with Crippen molar-refractivity contribution in [1.82, 2.24) is 0 Å². The standard InChI is InChI=1S/C11H14ClF2N/c1-6(2)5-9(15)10-7(13)3-4-8(14)11(10)12/h3-4,6,9H,5,15H2,1-2H3/t9-/m1/s1. The zero-order valence-electron chi connectivity index (χ0n) is 8.73. The largest absolute Gasteiger partial charge is 0.324 e. The van der Waals surface area contributed by atoms with Crippen LogP contribution in [0.4, 0.5) is 8.78 Å². The van der Waals surface area contributed by atoms with E-state index in [0.717, 1.165) is 12.1 Å². The van der Waals surface area contributed by atoms with E-state index in [9.17, 15) is 8.78 Å². The topological polar surface area (TPSA) is 26.0 Å². The van der Waals surface area contributed by atoms with Gasteiger partial charge in [-0.3, -0.25) is 0 Å². The fourth-order valence-electron chi connectivity index (χ4n) is 1.51. The second-order valence-electron chi connectivity index (χ2n) is 3.99. The SMILES string of the molecule is CC(C)C[C@@H](N)c1c(F)ccc(F)c1Cl. The van der Waals surface area contributed by atoms with Crippen LogP contribution in [0.1, 0.15) is 31.9 Å². The smallest absolute Gasteiger partial charge is 0.142 e. The molecule has 1 aromatic rings. The highest BCUT2D eigenvalue weighted by Gasteiger charge is 2.19. The maximum atomic E-state index is 13.4. The van der Waals surface area contributed by atoms with Crippen molar-refractivity contribution >= 4 is 11.6 Å². The first-order valence-electron chi connectivity index (χ1n) is 4.82. The number of hydrogen-bond donors (Lipinski definition) is 1. The Kier molecular flexibility index (Phi) is 4.05. The highest BCUT2D eigenvalue weighted by atomic mass is 35.5. The Labute approximate surface area is 93.2 Å². The summed E-state index contributed by atoms with van der Waals surface area (Å²) in [6.45, 7) is 3.93. The third-order valence-corrected chi connectivity index (χ3v) is 2.56. The molecule has 0 saturated carbocycles. The van der Waals surface area contributed by atoms with E-state index < -0.39 is 17.7 Å². The van der Waals surface area contributed by atoms with Gasteiger partial charge in [-0.1, -0.05) is 25.4 Å². The van der Waals surface area contributed by atoms with Gasteiger partial charge >= 0.3 is 0 Å². The highest BCUT2D eigenvalue weighted by molar-refractivity contribution is 6.31. The van der Waals surface area contributed by atoms with E-state index in [4.69, 9.17) is 17.3 Å². The van der Waals surface area contributed by atoms with E-state index in [1.165, 1.54) is 0 Å². The van der Waals surface area contributed by atoms with E-state index >= 15 is 0 Å². The highest BCUT2D eigenvalue weighted by Crippen LogP contribution is 2.30. The van der Waals surface area contributed by atoms with Gasteiger partial charge in [-0.15, -0.1) is 0 Å². The molecule has 0 radical (unpaired) electrons. The zero-order valence-corrected chi connectivity index (χ0v) is 9.48. The minimum Gasteiger partial charge on any atom is -0.324 e. The van der Waals surface area contributed by atoms with Crippen molar-refractivity contribution in [1.29, 1.82) is 0 Å². The van der Waals surface area contributed by atoms with Crippen molar-refractivity contribution in [2.24, 2.45) is 11.7 Å². The van der Waals surface area contributed by atoms with Gasteiger partial charge < -0.3 is 5.73 Å². The van der Waals surface area contributed by atoms with Gasteiger partial charge in [0.1, 0.15) is 11.6 Å². The monoisotopic (exact) mass is 233 g/mol. The van der Waals surface area contributed by atoms with Crippen molar-refractivity contribution < 1.29 is 8.78 Å². The summed E-state index contributed by atoms with van der Waals surface area (Å²) in [5, 5.41) is -0.205. The molecular weight excluding hydrogens is 220 g/mol. The second-order valence-corrected chi connectivity index (χ2v) is 4.37. The summed E-state index contributed by atoms with van der Waals surface area (Å²) in [5.74, 6) is -0.874. The average molecular weight is 234 g/mol. The molecule has 84 valence electrons. The molecule has 0 bridgehead atoms. The Bertz CT molecular complexity index is 353. The van der Waals surface area contributed by atoms with Crippen LogP contribution in [-0.2, 0) is 0 Å². The molecule has 0 spiro atoms. The number of nitrogens with two attached hydrogens (primary N) is 1. The average Bonchev–Trinajstić information content (AvgIpc) is 2.11. The Morgan fingerprint density at radius 2 is 1.80 bits per heavy atom. The molecule has 0 fully saturated rings. The molecule has 0 saturated heterocycles. The summed E-state index contributed by atoms with van der Waals surface area (Å²) in [6, 6.07) is 1.49. The Morgan fingerprint density at radius 3 is 2.33 bits per heavy atom. The predicted molar refractivity (Wildman–Crippen MR) is 57.8 cm³/mol. The third kappa shape index (κ3) is 2.89. The van der Waals surface area contributed by atoms with Gasteiger partial charge in [0.25, 0.3) is 0 Å². The number of benzene rings is 1. The van der Waals surface area contributed by atoms with E-state index in [0.29, 0.717) is 12.3 Å². The molecule has 1 rings (SSSR count). The fourth-order valence-corrected chi connectivity index (χ4v) is 1.80. The van der Waals surface area contributed by atoms with Gasteiger partial charge in [-0.05, 0) is 24.5 Å². The summed E-state index contributed by atoms with van der Waals surface area (Å²) in [4.78, 5) is 0. The first kappa shape index (κ1) is 12.4. The van der Waals surface area contributed by atoms with Gasteiger partial charge in [-0.25, -0.2) is 8.78 Å². The molecule has 0 amide bonds. The summed E-state index contributed by atoms with van der Waals surface area (Å²) in [5.41, 5.74) is 5.85. The number of halogens is 3. The van der Waals surface area contributed by atoms with Gasteiger partial charge in [0.15, 0.2) is 0 Å². The van der Waals surface area contributed by atoms with E-state index in [1.807, 2.05) is 13.8 Å². The Hall–Kier alpha value is -0.670. The fraction of sp³-hybridized carbons (Fsp3) is 0.455. The van der Waals surface area contributed by atoms with Crippen molar-refractivity contribution in [3.8, 4) is 0 Å². The minimum absolute atomic E-state index is 0.0744. The van der Waals surface area contributed by atoms with Crippen LogP contribution < -0.4 is 5.73 Å². The Balaban J connectivity index is 3.07. The van der Waals surface area contributed by atoms with E-state index in [1.54, 1.807) is 0 Å². The van der Waals surface area contributed by atoms with Crippen LogP contribution in [0.2, 0.25) is 5.02 Å². The van der Waals surface area contributed by atoms with Crippen molar-refractivity contribution in [3.63, 3.8) is 0 Å². The molecule has 4 heteroatoms. The zero-order chi connectivity index (χ0) is 11.6. The lowest BCUT2D eigenvalue weighted by Crippen LogP contribution is -2.15. The van der Waals surface area contributed by atoms with Gasteiger partial charge in [0, 0.05) is 11.6 Å². The molecule has 1 nitrogen and oxygen atoms in total. The van der Waals surface area contributed by atoms with E-state index in [-0.39, 0.29) is 10.6 Å². The molecule has 2 N–H and O–H groups in total. The molecule has 1 atom stereocenters. The predicted octanol–water partition coefficient (Wildman–Crippen LogP) is 3.66. The molecular formula is C11H14ClF2N. The normalized spacial score (nSPS) is 13.3. The lowest BCUT2D eigenvalue weighted by molar-refractivity contribution is 0.484. The summed E-state index contributed by atoms with van der Waals surface area (Å²) < 4.78 is 26.5. The minimum atomic E-state index is -0.632. The summed E-state index contributed by atoms with van der Waals surface area (Å²) >= 11 is 5.68. The van der Waals surface area contributed by atoms with Gasteiger partial charge in [0.2, 0.25) is 0 Å². The third-order valence-electron chi connectivity index (χ3n) is 2.18. The number of hydrogen-bond acceptors (Lipinski definition) is 1. The second kappa shape index (κ2) is 4.90. The lowest BCUT2D eigenvalue weighted by Gasteiger charge is -2.16. The van der Waals surface area contributed by atoms with Crippen LogP contribution >= 0.6 is 11.6 Å². The summed E-state index contributed by atoms with van der Waals surface area (Å²) in [6.07, 6.45) is 0.570. The van der Waals surface area contributed by atoms with Crippen LogP contribution in [0.25, 0.3) is 0 Å². The first-order chi connectivity index (χ1) is 6.93. The first-order valence-corrected chi connectivity index (χ1v) is 5.20. The van der Waals surface area contributed by atoms with Crippen molar-refractivity contribution in [2.75, 3.05) is 0 Å². The molecule has 0 heterocycles. The molecule has 0 unspecified atom stereocenters. The Morgan fingerprint density at radius 1 is 1.27 bits per heavy atom. The van der Waals surface area contributed by atoms with Crippen molar-refractivity contribution in [2.45, 2.75) is 26.3 Å². The molecule has 1 aromatic carbocycles. The molecule has 0 aromatic heterocycles. The molecule has 0 aliphatic heterocycles. The van der Waals surface area contributed by atoms with Crippen molar-refractivity contribution in [3.05, 3.63) is 34.4 Å². The van der Waals surface area contributed by atoms with Crippen LogP contribution in [0.5, 0.6) is 0 Å². The van der Waals surface area contributed by atoms with Crippen LogP contribution in [-0.4, -0.2) is 0 Å². The van der Waals surface area contributed by atoms with Gasteiger partial charge in [0.05, 0.1) is 5.02 Å². The van der Waals surface area contributed by atoms with Crippen LogP contribution in [0.15, 0.2) is 12.1 Å². The summed E-state index contributed by atoms with van der Waals surface area (Å²) in [7, 11) is 0. The van der Waals surface area contributed by atoms with E-state index in [2.05, 4.69) is 0 Å². The lowest BCUT2D eigenvalue weighted by atomic mass is 9.97. The quantitative estimate of drug-likeness (QED) is 0.793. The molecule has 15 heavy (non-hydrogen) atoms. The maximum Gasteiger partial charge on any atom is 0.142 e. The van der Waals surface area contributed by atoms with Gasteiger partial charge in [-0.2, -0.15) is 0 Å².